The van der Waals surface area contributed by atoms with Gasteiger partial charge in [0.1, 0.15) is 30.3 Å². The first kappa shape index (κ1) is 49.7. The van der Waals surface area contributed by atoms with E-state index < -0.39 is 36.5 Å². The third kappa shape index (κ3) is 10.8. The molecule has 2 amide bonds. The first-order chi connectivity index (χ1) is 33.7. The Morgan fingerprint density at radius 1 is 0.886 bits per heavy atom. The lowest BCUT2D eigenvalue weighted by Crippen LogP contribution is -2.53. The van der Waals surface area contributed by atoms with Gasteiger partial charge in [0.15, 0.2) is 0 Å². The Morgan fingerprint density at radius 3 is 2.26 bits per heavy atom. The average molecular weight is 1040 g/mol. The number of fused-ring (bicyclic) bond motifs is 1. The number of aryl methyl sites for hydroxylation is 2. The van der Waals surface area contributed by atoms with Gasteiger partial charge in [-0.15, -0.1) is 0 Å². The normalized spacial score (nSPS) is 19.2. The minimum Gasteiger partial charge on any atom is -0.494 e. The zero-order valence-electron chi connectivity index (χ0n) is 40.8. The molecule has 4 aliphatic rings. The zero-order chi connectivity index (χ0) is 49.3. The maximum atomic E-state index is 15.2. The Hall–Kier alpha value is -5.22. The molecule has 2 aromatic heterocycles. The van der Waals surface area contributed by atoms with Crippen LogP contribution >= 0.6 is 23.1 Å². The molecule has 1 unspecified atom stereocenters. The van der Waals surface area contributed by atoms with Crippen molar-refractivity contribution in [3.63, 3.8) is 0 Å². The van der Waals surface area contributed by atoms with E-state index >= 15 is 8.78 Å². The van der Waals surface area contributed by atoms with Crippen LogP contribution in [-0.2, 0) is 20.6 Å². The molecule has 0 radical (unpaired) electrons. The van der Waals surface area contributed by atoms with Crippen molar-refractivity contribution in [2.45, 2.75) is 77.2 Å². The molecule has 1 atom stereocenters. The van der Waals surface area contributed by atoms with E-state index in [1.165, 1.54) is 23.4 Å². The van der Waals surface area contributed by atoms with Crippen molar-refractivity contribution in [3.8, 4) is 5.75 Å². The van der Waals surface area contributed by atoms with Crippen LogP contribution in [0.2, 0.25) is 0 Å². The highest BCUT2D eigenvalue weighted by molar-refractivity contribution is 9.10. The largest absolute Gasteiger partial charge is 0.494 e. The van der Waals surface area contributed by atoms with Crippen LogP contribution in [-0.4, -0.2) is 122 Å². The Labute approximate surface area is 417 Å². The van der Waals surface area contributed by atoms with E-state index in [1.54, 1.807) is 26.6 Å². The van der Waals surface area contributed by atoms with Gasteiger partial charge in [-0.2, -0.15) is 4.98 Å². The van der Waals surface area contributed by atoms with E-state index in [9.17, 15) is 14.2 Å². The van der Waals surface area contributed by atoms with Crippen LogP contribution in [0.5, 0.6) is 5.75 Å². The van der Waals surface area contributed by atoms with E-state index in [0.717, 1.165) is 125 Å². The fraction of sp³-hybridized carbons (Fsp3) is 0.481. The molecule has 5 aromatic rings. The standard InChI is InChI=1S/C52H64BrF2N10O4P/c1-6-34-27-43(58-52-56-31-39(53)50(61-52)60-48-32(2)57-42-10-8-7-9-37(42)49(48)70(4,5)68)45(69-3)30-44(34)65-21-16-35(17-22-65)64-25-23-62(24-26-64)18-13-33-14-19-63(20-15-33)36-28-40(54)47(41(55)29-36)38-11-12-46(66)59-51(38)67/h7-10,27-31,33,35,38H,6,11-26H2,1-5H3,(H,59,66,67)(H2,56,58,60,61). The number of hydrogen-bond acceptors (Lipinski definition) is 13. The summed E-state index contributed by atoms with van der Waals surface area (Å²) in [5.74, 6) is -1.32. The number of rotatable bonds is 14. The second-order valence-electron chi connectivity index (χ2n) is 19.6. The van der Waals surface area contributed by atoms with Gasteiger partial charge in [-0.1, -0.05) is 25.1 Å². The summed E-state index contributed by atoms with van der Waals surface area (Å²) in [6.45, 7) is 16.4. The van der Waals surface area contributed by atoms with Gasteiger partial charge in [0.05, 0.1) is 40.1 Å². The molecule has 70 heavy (non-hydrogen) atoms. The molecule has 4 saturated heterocycles. The molecule has 372 valence electrons. The average Bonchev–Trinajstić information content (AvgIpc) is 3.34. The van der Waals surface area contributed by atoms with Gasteiger partial charge in [0.2, 0.25) is 17.8 Å². The number of methoxy groups -OCH3 is 1. The Kier molecular flexibility index (Phi) is 15.1. The summed E-state index contributed by atoms with van der Waals surface area (Å²) in [7, 11) is -1.06. The second-order valence-corrected chi connectivity index (χ2v) is 23.6. The van der Waals surface area contributed by atoms with Gasteiger partial charge in [-0.25, -0.2) is 13.8 Å². The number of carbonyl (C=O) groups is 2. The molecule has 0 spiro atoms. The van der Waals surface area contributed by atoms with Gasteiger partial charge in [0.25, 0.3) is 0 Å². The molecule has 3 N–H and O–H groups in total. The number of amides is 2. The quantitative estimate of drug-likeness (QED) is 0.0719. The van der Waals surface area contributed by atoms with Crippen LogP contribution in [0, 0.1) is 24.5 Å². The molecule has 0 saturated carbocycles. The Balaban J connectivity index is 0.756. The number of halogens is 3. The van der Waals surface area contributed by atoms with Gasteiger partial charge in [-0.3, -0.25) is 24.8 Å². The van der Waals surface area contributed by atoms with Crippen molar-refractivity contribution in [2.75, 3.05) is 99.8 Å². The van der Waals surface area contributed by atoms with Crippen molar-refractivity contribution in [3.05, 3.63) is 87.7 Å². The van der Waals surface area contributed by atoms with Gasteiger partial charge in [0, 0.05) is 105 Å². The fourth-order valence-corrected chi connectivity index (χ4v) is 12.8. The lowest BCUT2D eigenvalue weighted by Gasteiger charge is -2.44. The predicted octanol–water partition coefficient (Wildman–Crippen LogP) is 9.09. The van der Waals surface area contributed by atoms with Gasteiger partial charge < -0.3 is 34.6 Å². The lowest BCUT2D eigenvalue weighted by molar-refractivity contribution is -0.134. The molecule has 0 bridgehead atoms. The van der Waals surface area contributed by atoms with Gasteiger partial charge in [-0.05, 0) is 123 Å². The van der Waals surface area contributed by atoms with E-state index in [-0.39, 0.29) is 18.4 Å². The van der Waals surface area contributed by atoms with E-state index in [4.69, 9.17) is 14.7 Å². The number of nitrogens with zero attached hydrogens (tertiary/aromatic N) is 7. The van der Waals surface area contributed by atoms with Crippen LogP contribution < -0.4 is 35.8 Å². The smallest absolute Gasteiger partial charge is 0.234 e. The number of nitrogens with one attached hydrogen (secondary N) is 3. The number of piperazine rings is 1. The molecule has 9 rings (SSSR count). The highest BCUT2D eigenvalue weighted by Gasteiger charge is 2.34. The number of aromatic nitrogens is 3. The molecule has 18 heteroatoms. The minimum atomic E-state index is -2.74. The number of hydrogen-bond donors (Lipinski definition) is 3. The minimum absolute atomic E-state index is 0.0709. The second kappa shape index (κ2) is 21.2. The first-order valence-corrected chi connectivity index (χ1v) is 28.1. The van der Waals surface area contributed by atoms with E-state index in [0.29, 0.717) is 45.3 Å². The molecular formula is C52H64BrF2N10O4P. The summed E-state index contributed by atoms with van der Waals surface area (Å²) >= 11 is 3.63. The van der Waals surface area contributed by atoms with Crippen LogP contribution in [0.4, 0.5) is 43.3 Å². The molecule has 4 fully saturated rings. The summed E-state index contributed by atoms with van der Waals surface area (Å²) in [5, 5.41) is 10.7. The fourth-order valence-electron chi connectivity index (χ4n) is 11.0. The molecule has 0 aliphatic carbocycles. The van der Waals surface area contributed by atoms with Crippen molar-refractivity contribution >= 4 is 85.6 Å². The number of carbonyl (C=O) groups excluding carboxylic acids is 2. The summed E-state index contributed by atoms with van der Waals surface area (Å²) in [6, 6.07) is 15.3. The predicted molar refractivity (Wildman–Crippen MR) is 279 cm³/mol. The first-order valence-electron chi connectivity index (χ1n) is 24.7. The number of piperidine rings is 3. The van der Waals surface area contributed by atoms with Crippen molar-refractivity contribution in [1.82, 2.24) is 30.1 Å². The lowest BCUT2D eigenvalue weighted by atomic mass is 9.89. The molecule has 6 heterocycles. The Bertz CT molecular complexity index is 2790. The van der Waals surface area contributed by atoms with Crippen LogP contribution in [0.3, 0.4) is 0 Å². The summed E-state index contributed by atoms with van der Waals surface area (Å²) in [6.07, 6.45) is 7.97. The van der Waals surface area contributed by atoms with Gasteiger partial charge >= 0.3 is 0 Å². The third-order valence-electron chi connectivity index (χ3n) is 14.8. The van der Waals surface area contributed by atoms with E-state index in [1.807, 2.05) is 36.1 Å². The monoisotopic (exact) mass is 1040 g/mol. The van der Waals surface area contributed by atoms with Crippen LogP contribution in [0.1, 0.15) is 74.6 Å². The highest BCUT2D eigenvalue weighted by atomic mass is 79.9. The topological polar surface area (TPSA) is 148 Å². The number of benzene rings is 3. The zero-order valence-corrected chi connectivity index (χ0v) is 43.3. The SMILES string of the molecule is CCc1cc(Nc2ncc(Br)c(Nc3c(C)nc4ccccc4c3P(C)(C)=O)n2)c(OC)cc1N1CCC(N2CCN(CCC3CCN(c4cc(F)c(C5CCC(=O)NC5=O)c(F)c4)CC3)CC2)CC1. The number of anilines is 6. The van der Waals surface area contributed by atoms with Crippen molar-refractivity contribution < 1.29 is 27.7 Å². The van der Waals surface area contributed by atoms with E-state index in [2.05, 4.69) is 70.6 Å². The number of imide groups is 1. The van der Waals surface area contributed by atoms with Crippen LogP contribution in [0.25, 0.3) is 10.9 Å². The number of pyridine rings is 1. The molecule has 3 aromatic carbocycles. The third-order valence-corrected chi connectivity index (χ3v) is 16.9. The number of para-hydroxylation sites is 1. The summed E-state index contributed by atoms with van der Waals surface area (Å²) < 4.78 is 50.9. The summed E-state index contributed by atoms with van der Waals surface area (Å²) in [4.78, 5) is 48.0. The summed E-state index contributed by atoms with van der Waals surface area (Å²) in [5.41, 5.74) is 5.64. The molecular weight excluding hydrogens is 978 g/mol. The Morgan fingerprint density at radius 2 is 1.59 bits per heavy atom. The van der Waals surface area contributed by atoms with Crippen molar-refractivity contribution in [2.24, 2.45) is 5.92 Å². The maximum Gasteiger partial charge on any atom is 0.234 e. The maximum absolute atomic E-state index is 15.2. The van der Waals surface area contributed by atoms with Crippen LogP contribution in [0.15, 0.2) is 59.2 Å². The highest BCUT2D eigenvalue weighted by Crippen LogP contribution is 2.43. The molecule has 14 nitrogen and oxygen atoms in total. The molecule has 4 aliphatic heterocycles. The number of ether oxygens (including phenoxy) is 1. The van der Waals surface area contributed by atoms with Crippen molar-refractivity contribution in [1.29, 1.82) is 0 Å².